The highest BCUT2D eigenvalue weighted by molar-refractivity contribution is 5.69. The first kappa shape index (κ1) is 27.9. The maximum Gasteiger partial charge on any atom is 0.305 e. The Labute approximate surface area is 179 Å². The van der Waals surface area contributed by atoms with Crippen LogP contribution in [0.4, 0.5) is 0 Å². The molecule has 0 aliphatic carbocycles. The summed E-state index contributed by atoms with van der Waals surface area (Å²) in [5, 5.41) is 0. The number of hydrogen-bond acceptors (Lipinski definition) is 5. The third kappa shape index (κ3) is 20.0. The summed E-state index contributed by atoms with van der Waals surface area (Å²) in [4.78, 5) is 23.5. The zero-order valence-electron chi connectivity index (χ0n) is 19.3. The van der Waals surface area contributed by atoms with Crippen molar-refractivity contribution in [3.8, 4) is 0 Å². The van der Waals surface area contributed by atoms with Crippen LogP contribution >= 0.6 is 0 Å². The average molecular weight is 415 g/mol. The van der Waals surface area contributed by atoms with Crippen molar-refractivity contribution in [2.75, 3.05) is 26.9 Å². The summed E-state index contributed by atoms with van der Waals surface area (Å²) in [7, 11) is 1.72. The van der Waals surface area contributed by atoms with Crippen LogP contribution in [0.5, 0.6) is 0 Å². The topological polar surface area (TPSA) is 61.8 Å². The molecule has 172 valence electrons. The fourth-order valence-electron chi connectivity index (χ4n) is 3.21. The minimum atomic E-state index is -0.0715. The smallest absolute Gasteiger partial charge is 0.305 e. The van der Waals surface area contributed by atoms with Gasteiger partial charge in [0.1, 0.15) is 0 Å². The summed E-state index contributed by atoms with van der Waals surface area (Å²) in [5.41, 5.74) is 0. The van der Waals surface area contributed by atoms with E-state index >= 15 is 0 Å². The van der Waals surface area contributed by atoms with Crippen molar-refractivity contribution in [1.82, 2.24) is 0 Å². The highest BCUT2D eigenvalue weighted by Gasteiger charge is 2.12. The van der Waals surface area contributed by atoms with E-state index < -0.39 is 0 Å². The van der Waals surface area contributed by atoms with Gasteiger partial charge in [0.25, 0.3) is 0 Å². The standard InChI is InChI=1S/C24H46O5/c1-4-6-12-15-22(18-20-27-3)21-29-24(26)17-14-11-9-8-10-13-16-23(25)28-19-7-5-2/h22H,4-21H2,1-3H3. The van der Waals surface area contributed by atoms with E-state index in [9.17, 15) is 9.59 Å². The Kier molecular flexibility index (Phi) is 20.8. The summed E-state index contributed by atoms with van der Waals surface area (Å²) < 4.78 is 15.8. The molecule has 1 unspecified atom stereocenters. The molecule has 0 heterocycles. The van der Waals surface area contributed by atoms with Gasteiger partial charge < -0.3 is 14.2 Å². The van der Waals surface area contributed by atoms with E-state index in [1.54, 1.807) is 7.11 Å². The van der Waals surface area contributed by atoms with Crippen LogP contribution in [-0.2, 0) is 23.8 Å². The van der Waals surface area contributed by atoms with Gasteiger partial charge in [0.2, 0.25) is 0 Å². The number of hydrogen-bond donors (Lipinski definition) is 0. The third-order valence-electron chi connectivity index (χ3n) is 5.20. The van der Waals surface area contributed by atoms with Gasteiger partial charge in [-0.15, -0.1) is 0 Å². The molecule has 29 heavy (non-hydrogen) atoms. The summed E-state index contributed by atoms with van der Waals surface area (Å²) in [6.45, 7) is 6.09. The molecule has 0 amide bonds. The fourth-order valence-corrected chi connectivity index (χ4v) is 3.21. The van der Waals surface area contributed by atoms with E-state index in [1.807, 2.05) is 0 Å². The van der Waals surface area contributed by atoms with Gasteiger partial charge in [0.05, 0.1) is 13.2 Å². The number of esters is 2. The van der Waals surface area contributed by atoms with E-state index in [4.69, 9.17) is 14.2 Å². The van der Waals surface area contributed by atoms with Gasteiger partial charge in [-0.3, -0.25) is 9.59 Å². The number of ether oxygens (including phenoxy) is 3. The molecular weight excluding hydrogens is 368 g/mol. The second-order valence-corrected chi connectivity index (χ2v) is 8.02. The van der Waals surface area contributed by atoms with Crippen molar-refractivity contribution in [3.63, 3.8) is 0 Å². The molecule has 0 aromatic heterocycles. The van der Waals surface area contributed by atoms with Crippen LogP contribution in [0, 0.1) is 5.92 Å². The zero-order valence-corrected chi connectivity index (χ0v) is 19.3. The monoisotopic (exact) mass is 414 g/mol. The Hall–Kier alpha value is -1.10. The van der Waals surface area contributed by atoms with Crippen LogP contribution in [0.2, 0.25) is 0 Å². The maximum absolute atomic E-state index is 12.0. The molecule has 0 saturated carbocycles. The molecule has 5 nitrogen and oxygen atoms in total. The molecule has 0 rings (SSSR count). The molecule has 0 bridgehead atoms. The first-order chi connectivity index (χ1) is 14.1. The molecule has 0 N–H and O–H groups in total. The van der Waals surface area contributed by atoms with Crippen molar-refractivity contribution >= 4 is 11.9 Å². The van der Waals surface area contributed by atoms with Crippen molar-refractivity contribution in [2.45, 2.75) is 110 Å². The summed E-state index contributed by atoms with van der Waals surface area (Å²) in [5.74, 6) is 0.275. The van der Waals surface area contributed by atoms with Gasteiger partial charge in [-0.25, -0.2) is 0 Å². The minimum Gasteiger partial charge on any atom is -0.466 e. The van der Waals surface area contributed by atoms with Crippen LogP contribution < -0.4 is 0 Å². The molecule has 0 saturated heterocycles. The number of carbonyl (C=O) groups excluding carboxylic acids is 2. The van der Waals surface area contributed by atoms with Gasteiger partial charge in [0, 0.05) is 26.6 Å². The number of unbranched alkanes of at least 4 members (excludes halogenated alkanes) is 8. The Morgan fingerprint density at radius 2 is 1.24 bits per heavy atom. The predicted octanol–water partition coefficient (Wildman–Crippen LogP) is 6.23. The largest absolute Gasteiger partial charge is 0.466 e. The lowest BCUT2D eigenvalue weighted by Crippen LogP contribution is -2.16. The van der Waals surface area contributed by atoms with E-state index in [0.717, 1.165) is 70.8 Å². The molecule has 5 heteroatoms. The average Bonchev–Trinajstić information content (AvgIpc) is 2.71. The second kappa shape index (κ2) is 21.6. The normalized spacial score (nSPS) is 12.0. The van der Waals surface area contributed by atoms with E-state index in [-0.39, 0.29) is 11.9 Å². The number of carbonyl (C=O) groups is 2. The Morgan fingerprint density at radius 3 is 1.83 bits per heavy atom. The van der Waals surface area contributed by atoms with Crippen LogP contribution in [0.25, 0.3) is 0 Å². The minimum absolute atomic E-state index is 0.0697. The number of methoxy groups -OCH3 is 1. The Balaban J connectivity index is 3.60. The van der Waals surface area contributed by atoms with Crippen LogP contribution in [0.15, 0.2) is 0 Å². The highest BCUT2D eigenvalue weighted by Crippen LogP contribution is 2.16. The van der Waals surface area contributed by atoms with Gasteiger partial charge in [-0.1, -0.05) is 65.2 Å². The first-order valence-corrected chi connectivity index (χ1v) is 11.9. The molecule has 0 spiro atoms. The summed E-state index contributed by atoms with van der Waals surface area (Å²) >= 11 is 0. The maximum atomic E-state index is 12.0. The Morgan fingerprint density at radius 1 is 0.655 bits per heavy atom. The third-order valence-corrected chi connectivity index (χ3v) is 5.20. The number of rotatable bonds is 21. The molecule has 0 aromatic carbocycles. The summed E-state index contributed by atoms with van der Waals surface area (Å²) in [6.07, 6.45) is 14.8. The van der Waals surface area contributed by atoms with Crippen molar-refractivity contribution < 1.29 is 23.8 Å². The lowest BCUT2D eigenvalue weighted by molar-refractivity contribution is -0.145. The quantitative estimate of drug-likeness (QED) is 0.165. The van der Waals surface area contributed by atoms with Crippen LogP contribution in [-0.4, -0.2) is 38.9 Å². The lowest BCUT2D eigenvalue weighted by atomic mass is 9.99. The van der Waals surface area contributed by atoms with E-state index in [0.29, 0.717) is 32.0 Å². The molecule has 0 aromatic rings. The van der Waals surface area contributed by atoms with Crippen molar-refractivity contribution in [3.05, 3.63) is 0 Å². The Bertz CT molecular complexity index is 383. The van der Waals surface area contributed by atoms with Gasteiger partial charge >= 0.3 is 11.9 Å². The van der Waals surface area contributed by atoms with Crippen LogP contribution in [0.3, 0.4) is 0 Å². The predicted molar refractivity (Wildman–Crippen MR) is 118 cm³/mol. The van der Waals surface area contributed by atoms with E-state index in [1.165, 1.54) is 19.3 Å². The van der Waals surface area contributed by atoms with Crippen molar-refractivity contribution in [1.29, 1.82) is 0 Å². The molecule has 0 aliphatic heterocycles. The van der Waals surface area contributed by atoms with Crippen LogP contribution in [0.1, 0.15) is 110 Å². The molecule has 0 fully saturated rings. The SMILES string of the molecule is CCCCCC(CCOC)COC(=O)CCCCCCCCC(=O)OCCCC. The molecule has 1 atom stereocenters. The zero-order chi connectivity index (χ0) is 21.6. The highest BCUT2D eigenvalue weighted by atomic mass is 16.5. The fraction of sp³-hybridized carbons (Fsp3) is 0.917. The molecule has 0 aliphatic rings. The van der Waals surface area contributed by atoms with Gasteiger partial charge in [0.15, 0.2) is 0 Å². The first-order valence-electron chi connectivity index (χ1n) is 11.9. The van der Waals surface area contributed by atoms with E-state index in [2.05, 4.69) is 13.8 Å². The lowest BCUT2D eigenvalue weighted by Gasteiger charge is -2.16. The van der Waals surface area contributed by atoms with Gasteiger partial charge in [-0.2, -0.15) is 0 Å². The summed E-state index contributed by atoms with van der Waals surface area (Å²) in [6, 6.07) is 0. The molecule has 0 radical (unpaired) electrons. The molecular formula is C24H46O5. The van der Waals surface area contributed by atoms with Crippen molar-refractivity contribution in [2.24, 2.45) is 5.92 Å². The second-order valence-electron chi connectivity index (χ2n) is 8.02. The van der Waals surface area contributed by atoms with Gasteiger partial charge in [-0.05, 0) is 38.0 Å².